The van der Waals surface area contributed by atoms with Crippen LogP contribution in [0.1, 0.15) is 28.4 Å². The molecule has 0 aromatic heterocycles. The third-order valence-corrected chi connectivity index (χ3v) is 3.98. The number of rotatable bonds is 0. The minimum absolute atomic E-state index is 0. The quantitative estimate of drug-likeness (QED) is 0.533. The summed E-state index contributed by atoms with van der Waals surface area (Å²) in [6, 6.07) is 16.0. The zero-order valence-corrected chi connectivity index (χ0v) is 11.9. The summed E-state index contributed by atoms with van der Waals surface area (Å²) in [7, 11) is 0. The van der Waals surface area contributed by atoms with E-state index in [1.54, 1.807) is 0 Å². The van der Waals surface area contributed by atoms with Gasteiger partial charge in [-0.25, -0.2) is 0 Å². The molecule has 4 rings (SSSR count). The summed E-state index contributed by atoms with van der Waals surface area (Å²) in [6.45, 7) is 2.11. The van der Waals surface area contributed by atoms with Crippen LogP contribution in [-0.2, 0) is 26.0 Å². The molecule has 2 nitrogen and oxygen atoms in total. The standard InChI is InChI=1S/C16H12NO.Pd/c1-16-10-11-6-2-5-9-14(11)17(16)15(18)12-7-3-4-8-13(12)16;/h2-10H,1H3;/q-1;. The molecule has 3 heteroatoms. The van der Waals surface area contributed by atoms with Crippen LogP contribution in [0.25, 0.3) is 0 Å². The maximum absolute atomic E-state index is 12.6. The molecule has 0 bridgehead atoms. The largest absolute Gasteiger partial charge is 0.359 e. The molecule has 0 saturated carbocycles. The number of anilines is 1. The molecular weight excluding hydrogens is 329 g/mol. The molecule has 0 N–H and O–H groups in total. The summed E-state index contributed by atoms with van der Waals surface area (Å²) in [5.41, 5.74) is 3.76. The Morgan fingerprint density at radius 1 is 1.05 bits per heavy atom. The van der Waals surface area contributed by atoms with Gasteiger partial charge in [0.05, 0.1) is 0 Å². The van der Waals surface area contributed by atoms with Gasteiger partial charge >= 0.3 is 0 Å². The van der Waals surface area contributed by atoms with Crippen LogP contribution in [0, 0.1) is 6.42 Å². The van der Waals surface area contributed by atoms with Crippen molar-refractivity contribution in [2.75, 3.05) is 4.90 Å². The summed E-state index contributed by atoms with van der Waals surface area (Å²) < 4.78 is 0. The summed E-state index contributed by atoms with van der Waals surface area (Å²) >= 11 is 0. The van der Waals surface area contributed by atoms with E-state index in [4.69, 9.17) is 0 Å². The molecule has 1 amide bonds. The fourth-order valence-corrected chi connectivity index (χ4v) is 3.18. The van der Waals surface area contributed by atoms with Crippen LogP contribution in [0.15, 0.2) is 48.5 Å². The Morgan fingerprint density at radius 2 is 1.74 bits per heavy atom. The van der Waals surface area contributed by atoms with Crippen LogP contribution >= 0.6 is 0 Å². The number of carbonyl (C=O) groups excluding carboxylic acids is 1. The van der Waals surface area contributed by atoms with Gasteiger partial charge in [0.25, 0.3) is 0 Å². The van der Waals surface area contributed by atoms with E-state index in [0.29, 0.717) is 0 Å². The fraction of sp³-hybridized carbons (Fsp3) is 0.125. The molecule has 1 atom stereocenters. The Labute approximate surface area is 126 Å². The summed E-state index contributed by atoms with van der Waals surface area (Å²) in [5.74, 6) is 0.106. The third kappa shape index (κ3) is 1.40. The second-order valence-corrected chi connectivity index (χ2v) is 5.04. The predicted molar refractivity (Wildman–Crippen MR) is 70.4 cm³/mol. The van der Waals surface area contributed by atoms with E-state index >= 15 is 0 Å². The normalized spacial score (nSPS) is 22.2. The van der Waals surface area contributed by atoms with Gasteiger partial charge in [-0.05, 0) is 18.6 Å². The molecule has 1 unspecified atom stereocenters. The zero-order valence-electron chi connectivity index (χ0n) is 10.4. The molecule has 0 fully saturated rings. The molecule has 2 aliphatic rings. The van der Waals surface area contributed by atoms with Crippen molar-refractivity contribution in [1.29, 1.82) is 0 Å². The minimum atomic E-state index is -0.322. The first-order chi connectivity index (χ1) is 8.72. The van der Waals surface area contributed by atoms with Crippen LogP contribution in [-0.4, -0.2) is 5.91 Å². The smallest absolute Gasteiger partial charge is 0.247 e. The molecule has 19 heavy (non-hydrogen) atoms. The van der Waals surface area contributed by atoms with Crippen molar-refractivity contribution in [1.82, 2.24) is 0 Å². The van der Waals surface area contributed by atoms with Crippen molar-refractivity contribution in [2.24, 2.45) is 0 Å². The first kappa shape index (κ1) is 12.5. The van der Waals surface area contributed by atoms with Crippen molar-refractivity contribution in [2.45, 2.75) is 12.5 Å². The van der Waals surface area contributed by atoms with Gasteiger partial charge < -0.3 is 4.90 Å². The first-order valence-electron chi connectivity index (χ1n) is 6.11. The summed E-state index contributed by atoms with van der Waals surface area (Å²) in [6.07, 6.45) is 2.19. The number of nitrogens with zero attached hydrogens (tertiary/aromatic N) is 1. The SMILES string of the molecule is CC12[CH-]c3ccccc3N1C(=O)c1ccccc12.[Pd]. The van der Waals surface area contributed by atoms with Crippen molar-refractivity contribution in [3.05, 3.63) is 71.6 Å². The first-order valence-corrected chi connectivity index (χ1v) is 6.11. The molecule has 2 heterocycles. The van der Waals surface area contributed by atoms with Crippen LogP contribution in [0.3, 0.4) is 0 Å². The Morgan fingerprint density at radius 3 is 2.58 bits per heavy atom. The van der Waals surface area contributed by atoms with Crippen molar-refractivity contribution in [3.8, 4) is 0 Å². The molecule has 2 aromatic rings. The minimum Gasteiger partial charge on any atom is -0.359 e. The number of benzene rings is 2. The van der Waals surface area contributed by atoms with Gasteiger partial charge in [-0.3, -0.25) is 4.79 Å². The van der Waals surface area contributed by atoms with Gasteiger partial charge in [0.2, 0.25) is 5.91 Å². The topological polar surface area (TPSA) is 20.3 Å². The number of hydrogen-bond donors (Lipinski definition) is 0. The number of hydrogen-bond acceptors (Lipinski definition) is 1. The van der Waals surface area contributed by atoms with Gasteiger partial charge in [-0.1, -0.05) is 36.0 Å². The number of para-hydroxylation sites is 1. The number of carbonyl (C=O) groups is 1. The van der Waals surface area contributed by atoms with Gasteiger partial charge in [0, 0.05) is 31.5 Å². The van der Waals surface area contributed by atoms with Gasteiger partial charge in [-0.15, -0.1) is 6.07 Å². The van der Waals surface area contributed by atoms with Crippen LogP contribution < -0.4 is 4.90 Å². The van der Waals surface area contributed by atoms with E-state index < -0.39 is 0 Å². The number of fused-ring (bicyclic) bond motifs is 5. The fourth-order valence-electron chi connectivity index (χ4n) is 3.18. The van der Waals surface area contributed by atoms with E-state index in [2.05, 4.69) is 25.5 Å². The number of amides is 1. The monoisotopic (exact) mass is 340 g/mol. The van der Waals surface area contributed by atoms with E-state index in [1.807, 2.05) is 41.3 Å². The van der Waals surface area contributed by atoms with Crippen molar-refractivity contribution < 1.29 is 25.2 Å². The molecule has 98 valence electrons. The molecule has 2 aromatic carbocycles. The van der Waals surface area contributed by atoms with E-state index in [9.17, 15) is 4.79 Å². The molecule has 0 spiro atoms. The Kier molecular flexibility index (Phi) is 2.60. The molecule has 0 aliphatic carbocycles. The van der Waals surface area contributed by atoms with Crippen LogP contribution in [0.2, 0.25) is 0 Å². The summed E-state index contributed by atoms with van der Waals surface area (Å²) in [5, 5.41) is 0. The second kappa shape index (κ2) is 3.97. The molecular formula is C16H12NOPd-. The average Bonchev–Trinajstić information content (AvgIpc) is 2.81. The maximum Gasteiger partial charge on any atom is 0.247 e. The van der Waals surface area contributed by atoms with Gasteiger partial charge in [0.1, 0.15) is 0 Å². The average molecular weight is 341 g/mol. The second-order valence-electron chi connectivity index (χ2n) is 5.04. The zero-order chi connectivity index (χ0) is 12.3. The van der Waals surface area contributed by atoms with Gasteiger partial charge in [-0.2, -0.15) is 18.1 Å². The summed E-state index contributed by atoms with van der Waals surface area (Å²) in [4.78, 5) is 14.5. The van der Waals surface area contributed by atoms with E-state index in [1.165, 1.54) is 0 Å². The molecule has 0 saturated heterocycles. The van der Waals surface area contributed by atoms with Gasteiger partial charge in [0.15, 0.2) is 0 Å². The Balaban J connectivity index is 0.00000110. The van der Waals surface area contributed by atoms with Crippen LogP contribution in [0.5, 0.6) is 0 Å². The van der Waals surface area contributed by atoms with Crippen molar-refractivity contribution in [3.63, 3.8) is 0 Å². The maximum atomic E-state index is 12.6. The van der Waals surface area contributed by atoms with Crippen LogP contribution in [0.4, 0.5) is 5.69 Å². The Bertz CT molecular complexity index is 682. The van der Waals surface area contributed by atoms with E-state index in [0.717, 1.165) is 22.4 Å². The Hall–Kier alpha value is -1.56. The predicted octanol–water partition coefficient (Wildman–Crippen LogP) is 3.13. The van der Waals surface area contributed by atoms with E-state index in [-0.39, 0.29) is 31.9 Å². The third-order valence-electron chi connectivity index (χ3n) is 3.98. The molecule has 2 aliphatic heterocycles. The van der Waals surface area contributed by atoms with Crippen molar-refractivity contribution >= 4 is 11.6 Å². The molecule has 0 radical (unpaired) electrons.